The standard InChI is InChI=1S/C31H33N3O6/c1-15(2)34-20-11-8-7-10-19(20)33-23(34)12-9-13-32-17(4)24-21(36)14-22-31(6,30(24)39)26-28(38)16(3)27(37)25(18(5)35)29(26)40-22/h7-8,10-11,14-15,32,37-38H,9,12-13H2,1-6H3/b24-17+/t31-/m0/s1. The molecule has 1 atom stereocenters. The fourth-order valence-electron chi connectivity index (χ4n) is 5.82. The number of carbonyl (C=O) groups excluding carboxylic acids is 3. The molecule has 2 aliphatic rings. The van der Waals surface area contributed by atoms with Gasteiger partial charge in [0.05, 0.1) is 22.2 Å². The molecule has 9 nitrogen and oxygen atoms in total. The summed E-state index contributed by atoms with van der Waals surface area (Å²) in [5.41, 5.74) is 0.899. The van der Waals surface area contributed by atoms with Crippen molar-refractivity contribution >= 4 is 28.4 Å². The molecule has 2 aromatic carbocycles. The van der Waals surface area contributed by atoms with Crippen LogP contribution in [0.25, 0.3) is 11.0 Å². The van der Waals surface area contributed by atoms with Gasteiger partial charge >= 0.3 is 0 Å². The molecule has 0 radical (unpaired) electrons. The smallest absolute Gasteiger partial charge is 0.194 e. The summed E-state index contributed by atoms with van der Waals surface area (Å²) < 4.78 is 8.04. The van der Waals surface area contributed by atoms with E-state index >= 15 is 0 Å². The number of allylic oxidation sites excluding steroid dienone is 4. The number of ketones is 3. The van der Waals surface area contributed by atoms with Gasteiger partial charge < -0.3 is 24.8 Å². The lowest BCUT2D eigenvalue weighted by molar-refractivity contribution is -0.123. The molecule has 2 heterocycles. The lowest BCUT2D eigenvalue weighted by Gasteiger charge is -2.29. The Balaban J connectivity index is 1.42. The predicted molar refractivity (Wildman–Crippen MR) is 150 cm³/mol. The molecule has 5 rings (SSSR count). The van der Waals surface area contributed by atoms with Crippen molar-refractivity contribution in [3.05, 3.63) is 69.9 Å². The van der Waals surface area contributed by atoms with Crippen molar-refractivity contribution in [1.29, 1.82) is 0 Å². The number of phenolic OH excluding ortho intramolecular Hbond substituents is 2. The number of imidazole rings is 1. The van der Waals surface area contributed by atoms with Gasteiger partial charge in [0.25, 0.3) is 0 Å². The van der Waals surface area contributed by atoms with Gasteiger partial charge in [0.1, 0.15) is 39.8 Å². The third-order valence-corrected chi connectivity index (χ3v) is 7.91. The molecule has 3 aromatic rings. The topological polar surface area (TPSA) is 131 Å². The molecule has 1 aromatic heterocycles. The number of benzene rings is 2. The van der Waals surface area contributed by atoms with Crippen molar-refractivity contribution in [2.24, 2.45) is 0 Å². The largest absolute Gasteiger partial charge is 0.507 e. The number of nitrogens with one attached hydrogen (secondary N) is 1. The highest BCUT2D eigenvalue weighted by Gasteiger charge is 2.56. The number of Topliss-reactive ketones (excluding diaryl/α,β-unsaturated/α-hetero) is 2. The van der Waals surface area contributed by atoms with E-state index in [0.717, 1.165) is 16.9 Å². The van der Waals surface area contributed by atoms with Gasteiger partial charge in [-0.25, -0.2) is 4.98 Å². The van der Waals surface area contributed by atoms with E-state index in [1.165, 1.54) is 19.9 Å². The van der Waals surface area contributed by atoms with Crippen LogP contribution >= 0.6 is 0 Å². The number of aryl methyl sites for hydroxylation is 1. The molecule has 1 aliphatic carbocycles. The molecule has 0 spiro atoms. The Hall–Kier alpha value is -4.40. The molecule has 1 aliphatic heterocycles. The van der Waals surface area contributed by atoms with E-state index < -0.39 is 28.5 Å². The van der Waals surface area contributed by atoms with Crippen LogP contribution in [0.4, 0.5) is 0 Å². The average Bonchev–Trinajstić information content (AvgIpc) is 3.41. The second kappa shape index (κ2) is 9.66. The minimum Gasteiger partial charge on any atom is -0.507 e. The van der Waals surface area contributed by atoms with Crippen molar-refractivity contribution in [3.8, 4) is 17.2 Å². The average molecular weight is 544 g/mol. The second-order valence-electron chi connectivity index (χ2n) is 10.9. The summed E-state index contributed by atoms with van der Waals surface area (Å²) in [6.07, 6.45) is 2.65. The molecule has 0 fully saturated rings. The summed E-state index contributed by atoms with van der Waals surface area (Å²) in [4.78, 5) is 44.2. The second-order valence-corrected chi connectivity index (χ2v) is 10.9. The van der Waals surface area contributed by atoms with Gasteiger partial charge in [0.15, 0.2) is 17.3 Å². The number of aromatic hydroxyl groups is 2. The van der Waals surface area contributed by atoms with Crippen LogP contribution in [0.1, 0.15) is 74.4 Å². The molecule has 3 N–H and O–H groups in total. The molecule has 0 amide bonds. The van der Waals surface area contributed by atoms with E-state index in [-0.39, 0.29) is 45.6 Å². The Kier molecular flexibility index (Phi) is 6.56. The Bertz CT molecular complexity index is 1680. The summed E-state index contributed by atoms with van der Waals surface area (Å²) in [7, 11) is 0. The molecule has 0 saturated heterocycles. The van der Waals surface area contributed by atoms with Gasteiger partial charge in [-0.3, -0.25) is 14.4 Å². The number of phenols is 2. The highest BCUT2D eigenvalue weighted by molar-refractivity contribution is 6.31. The minimum atomic E-state index is -1.53. The van der Waals surface area contributed by atoms with Crippen molar-refractivity contribution in [2.75, 3.05) is 6.54 Å². The number of nitrogens with zero attached hydrogens (tertiary/aromatic N) is 2. The zero-order valence-electron chi connectivity index (χ0n) is 23.5. The quantitative estimate of drug-likeness (QED) is 0.169. The van der Waals surface area contributed by atoms with Gasteiger partial charge in [-0.2, -0.15) is 0 Å². The number of aromatic nitrogens is 2. The number of carbonyl (C=O) groups is 3. The number of para-hydroxylation sites is 2. The lowest BCUT2D eigenvalue weighted by Crippen LogP contribution is -2.41. The first kappa shape index (κ1) is 27.2. The van der Waals surface area contributed by atoms with Crippen LogP contribution in [-0.2, 0) is 21.4 Å². The van der Waals surface area contributed by atoms with E-state index in [1.807, 2.05) is 18.2 Å². The van der Waals surface area contributed by atoms with Crippen LogP contribution in [0, 0.1) is 6.92 Å². The molecule has 0 bridgehead atoms. The zero-order chi connectivity index (χ0) is 29.1. The number of fused-ring (bicyclic) bond motifs is 4. The maximum Gasteiger partial charge on any atom is 0.194 e. The van der Waals surface area contributed by atoms with Crippen molar-refractivity contribution < 1.29 is 29.3 Å². The van der Waals surface area contributed by atoms with Gasteiger partial charge in [-0.1, -0.05) is 12.1 Å². The third kappa shape index (κ3) is 3.91. The van der Waals surface area contributed by atoms with Crippen molar-refractivity contribution in [2.45, 2.75) is 65.8 Å². The number of hydrogen-bond donors (Lipinski definition) is 3. The van der Waals surface area contributed by atoms with Crippen LogP contribution in [0.2, 0.25) is 0 Å². The summed E-state index contributed by atoms with van der Waals surface area (Å²) in [6, 6.07) is 8.28. The zero-order valence-corrected chi connectivity index (χ0v) is 23.5. The molecule has 0 unspecified atom stereocenters. The van der Waals surface area contributed by atoms with E-state index in [1.54, 1.807) is 13.8 Å². The number of rotatable bonds is 7. The van der Waals surface area contributed by atoms with Gasteiger partial charge in [-0.15, -0.1) is 0 Å². The fourth-order valence-corrected chi connectivity index (χ4v) is 5.82. The Morgan fingerprint density at radius 1 is 1.15 bits per heavy atom. The highest BCUT2D eigenvalue weighted by atomic mass is 16.5. The van der Waals surface area contributed by atoms with E-state index in [2.05, 4.69) is 29.8 Å². The minimum absolute atomic E-state index is 0.0180. The summed E-state index contributed by atoms with van der Waals surface area (Å²) >= 11 is 0. The summed E-state index contributed by atoms with van der Waals surface area (Å²) in [6.45, 7) is 10.7. The van der Waals surface area contributed by atoms with Crippen LogP contribution in [0.3, 0.4) is 0 Å². The third-order valence-electron chi connectivity index (χ3n) is 7.91. The Morgan fingerprint density at radius 3 is 2.52 bits per heavy atom. The molecule has 40 heavy (non-hydrogen) atoms. The number of ether oxygens (including phenoxy) is 1. The summed E-state index contributed by atoms with van der Waals surface area (Å²) in [5.74, 6) is -1.42. The van der Waals surface area contributed by atoms with Gasteiger partial charge in [-0.05, 0) is 60.1 Å². The van der Waals surface area contributed by atoms with Crippen LogP contribution in [0.5, 0.6) is 17.2 Å². The van der Waals surface area contributed by atoms with E-state index in [9.17, 15) is 24.6 Å². The Morgan fingerprint density at radius 2 is 1.85 bits per heavy atom. The molecule has 9 heteroatoms. The maximum absolute atomic E-state index is 13.9. The normalized spacial score (nSPS) is 19.4. The molecular weight excluding hydrogens is 510 g/mol. The first-order valence-corrected chi connectivity index (χ1v) is 13.4. The van der Waals surface area contributed by atoms with E-state index in [0.29, 0.717) is 25.1 Å². The Labute approximate surface area is 232 Å². The SMILES string of the molecule is CC(=O)c1c(O)c(C)c(O)c2c1OC1=CC(=O)/C(=C(/C)NCCCc3nc4ccccc4n3C(C)C)C(=O)[C@@]12C. The first-order chi connectivity index (χ1) is 18.9. The van der Waals surface area contributed by atoms with Gasteiger partial charge in [0, 0.05) is 36.3 Å². The van der Waals surface area contributed by atoms with Gasteiger partial charge in [0.2, 0.25) is 0 Å². The van der Waals surface area contributed by atoms with Crippen molar-refractivity contribution in [1.82, 2.24) is 14.9 Å². The van der Waals surface area contributed by atoms with Crippen LogP contribution in [0.15, 0.2) is 47.4 Å². The van der Waals surface area contributed by atoms with Crippen LogP contribution in [-0.4, -0.2) is 43.7 Å². The van der Waals surface area contributed by atoms with Crippen molar-refractivity contribution in [3.63, 3.8) is 0 Å². The molecule has 208 valence electrons. The van der Waals surface area contributed by atoms with E-state index in [4.69, 9.17) is 9.72 Å². The van der Waals surface area contributed by atoms with Crippen LogP contribution < -0.4 is 10.1 Å². The summed E-state index contributed by atoms with van der Waals surface area (Å²) in [5, 5.41) is 24.7. The lowest BCUT2D eigenvalue weighted by atomic mass is 9.70. The predicted octanol–water partition coefficient (Wildman–Crippen LogP) is 4.72. The highest BCUT2D eigenvalue weighted by Crippen LogP contribution is 2.57. The maximum atomic E-state index is 13.9. The number of hydrogen-bond acceptors (Lipinski definition) is 8. The molecular formula is C31H33N3O6. The first-order valence-electron chi connectivity index (χ1n) is 13.4. The monoisotopic (exact) mass is 543 g/mol. The molecule has 0 saturated carbocycles. The fraction of sp³-hybridized carbons (Fsp3) is 0.355.